The van der Waals surface area contributed by atoms with Crippen LogP contribution in [0.5, 0.6) is 0 Å². The van der Waals surface area contributed by atoms with Gasteiger partial charge < -0.3 is 10.1 Å². The average molecular weight is 156 g/mol. The number of oxime groups is 1. The average Bonchev–Trinajstić information content (AvgIpc) is 2.07. The first-order valence-corrected chi connectivity index (χ1v) is 4.32. The quantitative estimate of drug-likeness (QED) is 0.380. The van der Waals surface area contributed by atoms with E-state index in [-0.39, 0.29) is 0 Å². The summed E-state index contributed by atoms with van der Waals surface area (Å²) in [4.78, 5) is 2.42. The van der Waals surface area contributed by atoms with Crippen LogP contribution in [0.1, 0.15) is 25.7 Å². The number of hydrogen-bond donors (Lipinski definition) is 1. The molecule has 1 aliphatic heterocycles. The normalized spacial score (nSPS) is 21.1. The van der Waals surface area contributed by atoms with Gasteiger partial charge in [-0.1, -0.05) is 6.42 Å². The third kappa shape index (κ3) is 3.37. The molecule has 1 rings (SSSR count). The molecule has 1 aliphatic rings. The molecule has 0 aromatic carbocycles. The van der Waals surface area contributed by atoms with Crippen LogP contribution in [0.15, 0.2) is 5.16 Å². The molecule has 3 heteroatoms. The van der Waals surface area contributed by atoms with Crippen LogP contribution < -0.4 is 0 Å². The van der Waals surface area contributed by atoms with Crippen molar-refractivity contribution in [2.45, 2.75) is 25.7 Å². The van der Waals surface area contributed by atoms with E-state index in [1.807, 2.05) is 0 Å². The molecule has 1 fully saturated rings. The van der Waals surface area contributed by atoms with Crippen molar-refractivity contribution in [1.29, 1.82) is 0 Å². The predicted molar refractivity (Wildman–Crippen MR) is 45.2 cm³/mol. The van der Waals surface area contributed by atoms with Crippen molar-refractivity contribution in [1.82, 2.24) is 4.90 Å². The number of piperidine rings is 1. The first-order chi connectivity index (χ1) is 5.43. The summed E-state index contributed by atoms with van der Waals surface area (Å²) in [5, 5.41) is 11.1. The zero-order valence-corrected chi connectivity index (χ0v) is 6.87. The molecule has 3 nitrogen and oxygen atoms in total. The van der Waals surface area contributed by atoms with Crippen molar-refractivity contribution in [3.05, 3.63) is 0 Å². The van der Waals surface area contributed by atoms with Gasteiger partial charge in [0.25, 0.3) is 0 Å². The summed E-state index contributed by atoms with van der Waals surface area (Å²) in [7, 11) is 0. The molecule has 0 unspecified atom stereocenters. The molecule has 0 aliphatic carbocycles. The molecule has 64 valence electrons. The highest BCUT2D eigenvalue weighted by Gasteiger charge is 2.07. The van der Waals surface area contributed by atoms with Gasteiger partial charge in [0.2, 0.25) is 0 Å². The van der Waals surface area contributed by atoms with Crippen molar-refractivity contribution < 1.29 is 5.21 Å². The minimum absolute atomic E-state index is 0.872. The maximum Gasteiger partial charge on any atom is 0.0448 e. The van der Waals surface area contributed by atoms with Crippen LogP contribution in [-0.4, -0.2) is 36.0 Å². The Kier molecular flexibility index (Phi) is 3.98. The fraction of sp³-hybridized carbons (Fsp3) is 0.875. The summed E-state index contributed by atoms with van der Waals surface area (Å²) < 4.78 is 0. The number of rotatable bonds is 3. The lowest BCUT2D eigenvalue weighted by Crippen LogP contribution is -2.30. The lowest BCUT2D eigenvalue weighted by atomic mass is 10.1. The topological polar surface area (TPSA) is 35.8 Å². The Hall–Kier alpha value is -0.570. The smallest absolute Gasteiger partial charge is 0.0448 e. The molecule has 1 heterocycles. The molecule has 0 spiro atoms. The van der Waals surface area contributed by atoms with Gasteiger partial charge in [0.15, 0.2) is 0 Å². The number of nitrogens with zero attached hydrogens (tertiary/aromatic N) is 2. The first kappa shape index (κ1) is 8.53. The van der Waals surface area contributed by atoms with E-state index in [1.54, 1.807) is 6.21 Å². The molecular formula is C8H16N2O. The Balaban J connectivity index is 2.04. The summed E-state index contributed by atoms with van der Waals surface area (Å²) in [6, 6.07) is 0. The number of hydrogen-bond acceptors (Lipinski definition) is 3. The van der Waals surface area contributed by atoms with Crippen LogP contribution >= 0.6 is 0 Å². The Morgan fingerprint density at radius 1 is 1.27 bits per heavy atom. The highest BCUT2D eigenvalue weighted by Crippen LogP contribution is 2.07. The van der Waals surface area contributed by atoms with Gasteiger partial charge >= 0.3 is 0 Å². The lowest BCUT2D eigenvalue weighted by Gasteiger charge is -2.25. The van der Waals surface area contributed by atoms with Crippen LogP contribution in [0.2, 0.25) is 0 Å². The van der Waals surface area contributed by atoms with Gasteiger partial charge in [0.05, 0.1) is 0 Å². The van der Waals surface area contributed by atoms with Crippen molar-refractivity contribution in [2.24, 2.45) is 5.16 Å². The molecule has 11 heavy (non-hydrogen) atoms. The highest BCUT2D eigenvalue weighted by atomic mass is 16.4. The van der Waals surface area contributed by atoms with Gasteiger partial charge in [-0.2, -0.15) is 0 Å². The van der Waals surface area contributed by atoms with Gasteiger partial charge in [-0.3, -0.25) is 0 Å². The second-order valence-electron chi connectivity index (χ2n) is 2.99. The molecule has 1 N–H and O–H groups in total. The van der Waals surface area contributed by atoms with E-state index in [4.69, 9.17) is 5.21 Å². The van der Waals surface area contributed by atoms with E-state index in [2.05, 4.69) is 10.1 Å². The Morgan fingerprint density at radius 3 is 2.64 bits per heavy atom. The Bertz CT molecular complexity index is 119. The fourth-order valence-electron chi connectivity index (χ4n) is 1.48. The van der Waals surface area contributed by atoms with Gasteiger partial charge in [-0.15, -0.1) is 5.16 Å². The van der Waals surface area contributed by atoms with Gasteiger partial charge in [0, 0.05) is 12.8 Å². The Labute approximate surface area is 67.7 Å². The van der Waals surface area contributed by atoms with Crippen LogP contribution in [0.4, 0.5) is 0 Å². The summed E-state index contributed by atoms with van der Waals surface area (Å²) in [5.74, 6) is 0. The van der Waals surface area contributed by atoms with Gasteiger partial charge in [-0.05, 0) is 32.4 Å². The predicted octanol–water partition coefficient (Wildman–Crippen LogP) is 1.32. The van der Waals surface area contributed by atoms with E-state index in [1.165, 1.54) is 32.4 Å². The van der Waals surface area contributed by atoms with E-state index in [0.717, 1.165) is 13.0 Å². The van der Waals surface area contributed by atoms with Gasteiger partial charge in [-0.25, -0.2) is 0 Å². The summed E-state index contributed by atoms with van der Waals surface area (Å²) in [5.41, 5.74) is 0. The van der Waals surface area contributed by atoms with E-state index < -0.39 is 0 Å². The molecule has 0 radical (unpaired) electrons. The van der Waals surface area contributed by atoms with Crippen LogP contribution in [0, 0.1) is 0 Å². The molecule has 0 amide bonds. The minimum Gasteiger partial charge on any atom is -0.411 e. The van der Waals surface area contributed by atoms with Crippen molar-refractivity contribution in [3.8, 4) is 0 Å². The van der Waals surface area contributed by atoms with Crippen LogP contribution in [0.3, 0.4) is 0 Å². The lowest BCUT2D eigenvalue weighted by molar-refractivity contribution is 0.234. The van der Waals surface area contributed by atoms with E-state index in [0.29, 0.717) is 0 Å². The zero-order valence-electron chi connectivity index (χ0n) is 6.87. The fourth-order valence-corrected chi connectivity index (χ4v) is 1.48. The van der Waals surface area contributed by atoms with E-state index in [9.17, 15) is 0 Å². The molecule has 0 atom stereocenters. The van der Waals surface area contributed by atoms with Crippen molar-refractivity contribution in [2.75, 3.05) is 19.6 Å². The second-order valence-corrected chi connectivity index (χ2v) is 2.99. The van der Waals surface area contributed by atoms with Crippen molar-refractivity contribution in [3.63, 3.8) is 0 Å². The summed E-state index contributed by atoms with van der Waals surface area (Å²) >= 11 is 0. The highest BCUT2D eigenvalue weighted by molar-refractivity contribution is 5.56. The number of likely N-dealkylation sites (tertiary alicyclic amines) is 1. The third-order valence-corrected chi connectivity index (χ3v) is 2.10. The monoisotopic (exact) mass is 156 g/mol. The minimum atomic E-state index is 0.872. The van der Waals surface area contributed by atoms with Crippen LogP contribution in [-0.2, 0) is 0 Å². The van der Waals surface area contributed by atoms with E-state index >= 15 is 0 Å². The molecule has 0 aromatic heterocycles. The maximum absolute atomic E-state index is 8.15. The standard InChI is InChI=1S/C8H16N2O/c11-9-5-4-8-10-6-2-1-3-7-10/h5,11H,1-4,6-8H2/b9-5-. The Morgan fingerprint density at radius 2 is 2.00 bits per heavy atom. The summed E-state index contributed by atoms with van der Waals surface area (Å²) in [6.45, 7) is 3.49. The first-order valence-electron chi connectivity index (χ1n) is 4.32. The van der Waals surface area contributed by atoms with Gasteiger partial charge in [0.1, 0.15) is 0 Å². The van der Waals surface area contributed by atoms with Crippen LogP contribution in [0.25, 0.3) is 0 Å². The van der Waals surface area contributed by atoms with Crippen molar-refractivity contribution >= 4 is 6.21 Å². The summed E-state index contributed by atoms with van der Waals surface area (Å²) in [6.07, 6.45) is 6.47. The molecule has 0 saturated carbocycles. The molecule has 0 bridgehead atoms. The molecule has 1 saturated heterocycles. The molecule has 0 aromatic rings. The second kappa shape index (κ2) is 5.13. The zero-order chi connectivity index (χ0) is 7.94. The SMILES string of the molecule is O/N=C\CCN1CCCCC1. The maximum atomic E-state index is 8.15. The third-order valence-electron chi connectivity index (χ3n) is 2.10. The largest absolute Gasteiger partial charge is 0.411 e. The molecular weight excluding hydrogens is 140 g/mol.